The maximum Gasteiger partial charge on any atom is 0.119 e. The Balaban J connectivity index is 2.02. The van der Waals surface area contributed by atoms with Crippen LogP contribution in [0.5, 0.6) is 5.75 Å². The molecular weight excluding hydrogens is 212 g/mol. The lowest BCUT2D eigenvalue weighted by molar-refractivity contribution is 0.234. The van der Waals surface area contributed by atoms with E-state index in [4.69, 9.17) is 10.5 Å². The largest absolute Gasteiger partial charge is 0.492 e. The van der Waals surface area contributed by atoms with Gasteiger partial charge in [0.05, 0.1) is 0 Å². The minimum atomic E-state index is 0.747. The molecule has 96 valence electrons. The fourth-order valence-corrected chi connectivity index (χ4v) is 1.65. The first-order chi connectivity index (χ1) is 8.33. The summed E-state index contributed by atoms with van der Waals surface area (Å²) in [4.78, 5) is 2.31. The van der Waals surface area contributed by atoms with E-state index in [-0.39, 0.29) is 0 Å². The first-order valence-electron chi connectivity index (χ1n) is 6.39. The van der Waals surface area contributed by atoms with Crippen molar-refractivity contribution >= 4 is 0 Å². The molecule has 0 atom stereocenters. The smallest absolute Gasteiger partial charge is 0.119 e. The van der Waals surface area contributed by atoms with Crippen molar-refractivity contribution in [3.05, 3.63) is 30.3 Å². The van der Waals surface area contributed by atoms with Crippen LogP contribution >= 0.6 is 0 Å². The van der Waals surface area contributed by atoms with Gasteiger partial charge in [-0.05, 0) is 45.1 Å². The second-order valence-corrected chi connectivity index (χ2v) is 4.31. The molecule has 3 nitrogen and oxygen atoms in total. The Bertz CT molecular complexity index is 277. The molecule has 0 heterocycles. The van der Waals surface area contributed by atoms with Crippen LogP contribution in [0.4, 0.5) is 0 Å². The average Bonchev–Trinajstić information content (AvgIpc) is 2.36. The minimum Gasteiger partial charge on any atom is -0.492 e. The molecule has 1 aromatic rings. The molecule has 2 N–H and O–H groups in total. The number of nitrogens with two attached hydrogens (primary N) is 1. The number of para-hydroxylation sites is 1. The molecule has 0 radical (unpaired) electrons. The molecule has 0 bridgehead atoms. The summed E-state index contributed by atoms with van der Waals surface area (Å²) >= 11 is 0. The number of benzene rings is 1. The van der Waals surface area contributed by atoms with Gasteiger partial charge in [-0.25, -0.2) is 0 Å². The molecule has 0 aliphatic carbocycles. The third-order valence-corrected chi connectivity index (χ3v) is 2.73. The van der Waals surface area contributed by atoms with E-state index in [9.17, 15) is 0 Å². The van der Waals surface area contributed by atoms with Crippen molar-refractivity contribution in [2.24, 2.45) is 5.73 Å². The molecule has 0 aliphatic heterocycles. The van der Waals surface area contributed by atoms with Gasteiger partial charge in [0.15, 0.2) is 0 Å². The molecule has 0 amide bonds. The summed E-state index contributed by atoms with van der Waals surface area (Å²) in [5.41, 5.74) is 5.46. The highest BCUT2D eigenvalue weighted by molar-refractivity contribution is 5.20. The van der Waals surface area contributed by atoms with Crippen molar-refractivity contribution in [3.63, 3.8) is 0 Å². The quantitative estimate of drug-likeness (QED) is 0.668. The van der Waals surface area contributed by atoms with Crippen LogP contribution < -0.4 is 10.5 Å². The van der Waals surface area contributed by atoms with Crippen molar-refractivity contribution in [3.8, 4) is 5.75 Å². The van der Waals surface area contributed by atoms with Crippen LogP contribution in [-0.2, 0) is 0 Å². The second-order valence-electron chi connectivity index (χ2n) is 4.31. The van der Waals surface area contributed by atoms with E-state index in [1.807, 2.05) is 30.3 Å². The Kier molecular flexibility index (Phi) is 7.43. The lowest BCUT2D eigenvalue weighted by atomic mass is 10.2. The monoisotopic (exact) mass is 236 g/mol. The summed E-state index contributed by atoms with van der Waals surface area (Å²) in [6.45, 7) is 3.65. The van der Waals surface area contributed by atoms with E-state index in [0.717, 1.165) is 38.4 Å². The zero-order valence-corrected chi connectivity index (χ0v) is 10.8. The summed E-state index contributed by atoms with van der Waals surface area (Å²) in [6.07, 6.45) is 3.58. The zero-order valence-electron chi connectivity index (χ0n) is 10.8. The fraction of sp³-hybridized carbons (Fsp3) is 0.571. The third-order valence-electron chi connectivity index (χ3n) is 2.73. The van der Waals surface area contributed by atoms with Crippen LogP contribution in [0.3, 0.4) is 0 Å². The summed E-state index contributed by atoms with van der Waals surface area (Å²) < 4.78 is 5.64. The predicted molar refractivity (Wildman–Crippen MR) is 72.3 cm³/mol. The number of nitrogens with zero attached hydrogens (tertiary/aromatic N) is 1. The van der Waals surface area contributed by atoms with Crippen LogP contribution in [0, 0.1) is 0 Å². The van der Waals surface area contributed by atoms with Gasteiger partial charge >= 0.3 is 0 Å². The molecule has 17 heavy (non-hydrogen) atoms. The topological polar surface area (TPSA) is 38.5 Å². The number of likely N-dealkylation sites (N-methyl/N-ethyl adjacent to an activating group) is 1. The summed E-state index contributed by atoms with van der Waals surface area (Å²) in [7, 11) is 2.14. The van der Waals surface area contributed by atoms with Gasteiger partial charge in [-0.3, -0.25) is 0 Å². The van der Waals surface area contributed by atoms with Gasteiger partial charge in [-0.1, -0.05) is 24.6 Å². The average molecular weight is 236 g/mol. The number of ether oxygens (including phenoxy) is 1. The molecule has 3 heteroatoms. The lowest BCUT2D eigenvalue weighted by Crippen LogP contribution is -2.25. The van der Waals surface area contributed by atoms with Crippen molar-refractivity contribution in [2.75, 3.05) is 33.3 Å². The molecular formula is C14H24N2O. The van der Waals surface area contributed by atoms with Gasteiger partial charge in [0, 0.05) is 6.54 Å². The van der Waals surface area contributed by atoms with Crippen molar-refractivity contribution < 1.29 is 4.74 Å². The lowest BCUT2D eigenvalue weighted by Gasteiger charge is -2.16. The van der Waals surface area contributed by atoms with Crippen molar-refractivity contribution in [1.29, 1.82) is 0 Å². The maximum absolute atomic E-state index is 5.64. The molecule has 1 rings (SSSR count). The molecule has 1 aromatic carbocycles. The number of rotatable bonds is 9. The minimum absolute atomic E-state index is 0.747. The first-order valence-corrected chi connectivity index (χ1v) is 6.39. The van der Waals surface area contributed by atoms with Crippen LogP contribution in [-0.4, -0.2) is 38.2 Å². The molecule has 0 saturated carbocycles. The first kappa shape index (κ1) is 14.0. The van der Waals surface area contributed by atoms with E-state index in [0.29, 0.717) is 0 Å². The van der Waals surface area contributed by atoms with E-state index in [1.54, 1.807) is 0 Å². The van der Waals surface area contributed by atoms with Crippen LogP contribution in [0.2, 0.25) is 0 Å². The highest BCUT2D eigenvalue weighted by Gasteiger charge is 1.98. The highest BCUT2D eigenvalue weighted by atomic mass is 16.5. The molecule has 0 aromatic heterocycles. The molecule has 0 unspecified atom stereocenters. The summed E-state index contributed by atoms with van der Waals surface area (Å²) in [5, 5.41) is 0. The van der Waals surface area contributed by atoms with E-state index in [1.165, 1.54) is 12.8 Å². The molecule has 0 fully saturated rings. The van der Waals surface area contributed by atoms with E-state index >= 15 is 0 Å². The number of hydrogen-bond acceptors (Lipinski definition) is 3. The highest BCUT2D eigenvalue weighted by Crippen LogP contribution is 2.07. The molecule has 0 spiro atoms. The Hall–Kier alpha value is -1.06. The SMILES string of the molecule is CN(CCCCCN)CCOc1ccccc1. The van der Waals surface area contributed by atoms with Gasteiger partial charge in [0.2, 0.25) is 0 Å². The third kappa shape index (κ3) is 6.97. The van der Waals surface area contributed by atoms with Gasteiger partial charge in [0.25, 0.3) is 0 Å². The van der Waals surface area contributed by atoms with Crippen LogP contribution in [0.1, 0.15) is 19.3 Å². The normalized spacial score (nSPS) is 10.8. The zero-order chi connectivity index (χ0) is 12.3. The van der Waals surface area contributed by atoms with Gasteiger partial charge < -0.3 is 15.4 Å². The Labute approximate surface area is 105 Å². The summed E-state index contributed by atoms with van der Waals surface area (Å²) in [5.74, 6) is 0.948. The second kappa shape index (κ2) is 9.02. The Morgan fingerprint density at radius 3 is 2.53 bits per heavy atom. The Morgan fingerprint density at radius 2 is 1.82 bits per heavy atom. The summed E-state index contributed by atoms with van der Waals surface area (Å²) in [6, 6.07) is 9.96. The van der Waals surface area contributed by atoms with E-state index < -0.39 is 0 Å². The molecule has 0 aliphatic rings. The van der Waals surface area contributed by atoms with Gasteiger partial charge in [-0.2, -0.15) is 0 Å². The van der Waals surface area contributed by atoms with Gasteiger partial charge in [0.1, 0.15) is 12.4 Å². The van der Waals surface area contributed by atoms with Crippen LogP contribution in [0.15, 0.2) is 30.3 Å². The number of hydrogen-bond donors (Lipinski definition) is 1. The Morgan fingerprint density at radius 1 is 1.06 bits per heavy atom. The van der Waals surface area contributed by atoms with E-state index in [2.05, 4.69) is 11.9 Å². The standard InChI is InChI=1S/C14H24N2O/c1-16(11-7-3-6-10-15)12-13-17-14-8-4-2-5-9-14/h2,4-5,8-9H,3,6-7,10-13,15H2,1H3. The maximum atomic E-state index is 5.64. The molecule has 0 saturated heterocycles. The van der Waals surface area contributed by atoms with Crippen LogP contribution in [0.25, 0.3) is 0 Å². The number of unbranched alkanes of at least 4 members (excludes halogenated alkanes) is 2. The van der Waals surface area contributed by atoms with Crippen molar-refractivity contribution in [1.82, 2.24) is 4.90 Å². The predicted octanol–water partition coefficient (Wildman–Crippen LogP) is 2.13. The van der Waals surface area contributed by atoms with Gasteiger partial charge in [-0.15, -0.1) is 0 Å². The van der Waals surface area contributed by atoms with Crippen molar-refractivity contribution in [2.45, 2.75) is 19.3 Å². The fourth-order valence-electron chi connectivity index (χ4n) is 1.65.